The van der Waals surface area contributed by atoms with E-state index in [0.717, 1.165) is 74.0 Å². The number of benzene rings is 2. The van der Waals surface area contributed by atoms with E-state index in [1.807, 2.05) is 43.4 Å². The van der Waals surface area contributed by atoms with E-state index in [-0.39, 0.29) is 35.3 Å². The van der Waals surface area contributed by atoms with Crippen molar-refractivity contribution in [2.45, 2.75) is 82.8 Å². The van der Waals surface area contributed by atoms with E-state index in [0.29, 0.717) is 49.0 Å². The molecule has 1 saturated heterocycles. The third-order valence-corrected chi connectivity index (χ3v) is 11.5. The predicted molar refractivity (Wildman–Crippen MR) is 231 cm³/mol. The summed E-state index contributed by atoms with van der Waals surface area (Å²) in [5.41, 5.74) is 3.73. The van der Waals surface area contributed by atoms with Crippen LogP contribution in [0.1, 0.15) is 91.1 Å². The first kappa shape index (κ1) is 43.1. The molecule has 0 radical (unpaired) electrons. The maximum absolute atomic E-state index is 14.0. The van der Waals surface area contributed by atoms with Crippen LogP contribution in [0.2, 0.25) is 0 Å². The van der Waals surface area contributed by atoms with Gasteiger partial charge < -0.3 is 24.7 Å². The Kier molecular flexibility index (Phi) is 13.2. The Balaban J connectivity index is 0.731. The van der Waals surface area contributed by atoms with Crippen LogP contribution in [0.4, 0.5) is 20.3 Å². The largest absolute Gasteiger partial charge is 0.444 e. The average Bonchev–Trinajstić information content (AvgIpc) is 3.76. The number of nitrogens with one attached hydrogen (secondary N) is 3. The number of oxazole rings is 1. The second-order valence-electron chi connectivity index (χ2n) is 16.0. The first-order valence-electron chi connectivity index (χ1n) is 21.3. The molecule has 0 bridgehead atoms. The minimum atomic E-state index is -2.93. The number of halogens is 2. The van der Waals surface area contributed by atoms with Gasteiger partial charge >= 0.3 is 5.69 Å². The number of anilines is 2. The first-order chi connectivity index (χ1) is 30.5. The lowest BCUT2D eigenvalue weighted by Gasteiger charge is -2.21. The smallest absolute Gasteiger partial charge is 0.329 e. The zero-order valence-corrected chi connectivity index (χ0v) is 35.2. The van der Waals surface area contributed by atoms with Crippen LogP contribution in [0.15, 0.2) is 82.5 Å². The molecule has 1 aliphatic heterocycles. The Labute approximate surface area is 361 Å². The molecule has 0 unspecified atom stereocenters. The Morgan fingerprint density at radius 3 is 2.52 bits per heavy atom. The topological polar surface area (TPSA) is 183 Å². The van der Waals surface area contributed by atoms with Gasteiger partial charge in [-0.25, -0.2) is 28.2 Å². The van der Waals surface area contributed by atoms with E-state index >= 15 is 0 Å². The molecule has 8 rings (SSSR count). The number of amides is 3. The van der Waals surface area contributed by atoms with Crippen LogP contribution in [-0.4, -0.2) is 79.5 Å². The number of rotatable bonds is 20. The van der Waals surface area contributed by atoms with Crippen LogP contribution in [-0.2, 0) is 34.3 Å². The zero-order chi connectivity index (χ0) is 44.0. The van der Waals surface area contributed by atoms with Crippen molar-refractivity contribution >= 4 is 40.3 Å². The van der Waals surface area contributed by atoms with Crippen molar-refractivity contribution in [3.05, 3.63) is 106 Å². The van der Waals surface area contributed by atoms with Crippen LogP contribution in [0.3, 0.4) is 0 Å². The highest BCUT2D eigenvalue weighted by Crippen LogP contribution is 2.32. The van der Waals surface area contributed by atoms with Gasteiger partial charge in [0.05, 0.1) is 28.6 Å². The fraction of sp³-hybridized carbons (Fsp3) is 0.400. The van der Waals surface area contributed by atoms with Crippen molar-refractivity contribution in [2.75, 3.05) is 37.0 Å². The SMILES string of the molecule is CN(c1cc(-c2nc(C(=O)Nc3cn(-c4ccc(CNCCCCOCCCCc5ccc6c(c5)n(C)c(=O)n6[C@H]5CCC(=O)NC5=O)cc4)nc3C(F)F)co2)ccn1)C1CC1. The molecular weight excluding hydrogens is 815 g/mol. The normalized spacial score (nSPS) is 15.3. The number of imidazole rings is 1. The number of carbonyl (C=O) groups excluding carboxylic acids is 3. The number of piperidine rings is 1. The minimum Gasteiger partial charge on any atom is -0.444 e. The number of ether oxygens (including phenoxy) is 1. The summed E-state index contributed by atoms with van der Waals surface area (Å²) < 4.78 is 43.9. The highest BCUT2D eigenvalue weighted by atomic mass is 19.3. The fourth-order valence-corrected chi connectivity index (χ4v) is 7.75. The molecule has 5 heterocycles. The number of carbonyl (C=O) groups is 3. The Bertz CT molecular complexity index is 2650. The number of nitrogens with zero attached hydrogens (tertiary/aromatic N) is 7. The molecule has 330 valence electrons. The summed E-state index contributed by atoms with van der Waals surface area (Å²) in [6.07, 6.45) is 8.51. The molecule has 2 aliphatic rings. The summed E-state index contributed by atoms with van der Waals surface area (Å²) in [5, 5.41) is 12.4. The highest BCUT2D eigenvalue weighted by Gasteiger charge is 2.31. The molecule has 63 heavy (non-hydrogen) atoms. The lowest BCUT2D eigenvalue weighted by atomic mass is 10.0. The number of hydrogen-bond donors (Lipinski definition) is 3. The van der Waals surface area contributed by atoms with Gasteiger partial charge in [0.1, 0.15) is 18.1 Å². The molecule has 2 fully saturated rings. The van der Waals surface area contributed by atoms with E-state index in [9.17, 15) is 28.0 Å². The van der Waals surface area contributed by atoms with Crippen LogP contribution in [0.5, 0.6) is 0 Å². The fourth-order valence-electron chi connectivity index (χ4n) is 7.75. The predicted octanol–water partition coefficient (Wildman–Crippen LogP) is 6.25. The molecule has 4 aromatic heterocycles. The number of fused-ring (bicyclic) bond motifs is 1. The molecule has 16 nitrogen and oxygen atoms in total. The van der Waals surface area contributed by atoms with Crippen LogP contribution < -0.4 is 26.5 Å². The number of pyridine rings is 1. The van der Waals surface area contributed by atoms with E-state index < -0.39 is 30.0 Å². The summed E-state index contributed by atoms with van der Waals surface area (Å²) in [6, 6.07) is 16.6. The lowest BCUT2D eigenvalue weighted by Crippen LogP contribution is -2.44. The molecule has 6 aromatic rings. The first-order valence-corrected chi connectivity index (χ1v) is 21.3. The van der Waals surface area contributed by atoms with Gasteiger partial charge in [-0.05, 0) is 105 Å². The van der Waals surface area contributed by atoms with Crippen molar-refractivity contribution < 1.29 is 32.3 Å². The number of alkyl halides is 2. The highest BCUT2D eigenvalue weighted by molar-refractivity contribution is 6.03. The van der Waals surface area contributed by atoms with Crippen LogP contribution in [0.25, 0.3) is 28.2 Å². The van der Waals surface area contributed by atoms with Crippen molar-refractivity contribution in [2.24, 2.45) is 7.05 Å². The standard InChI is InChI=1S/C45H50F2N10O6/c1-54(31-13-14-31)38-24-30(18-20-49-38)44-51-34(27-63-44)42(59)50-33-26-56(53-40(33)41(46)47)32-11-8-29(9-12-32)25-48-19-4-6-22-62-21-5-3-7-28-10-15-35-37(23-28)55(2)45(61)57(35)36-16-17-39(58)52-43(36)60/h8-12,15,18,20,23-24,26-27,31,36,41,48H,3-7,13-14,16-17,19,21-22,25H2,1-2H3,(H,50,59)(H,52,58,60)/t36-/m0/s1. The lowest BCUT2D eigenvalue weighted by molar-refractivity contribution is -0.135. The van der Waals surface area contributed by atoms with Gasteiger partial charge in [-0.3, -0.25) is 28.8 Å². The Morgan fingerprint density at radius 2 is 1.76 bits per heavy atom. The van der Waals surface area contributed by atoms with Crippen molar-refractivity contribution in [3.8, 4) is 17.1 Å². The summed E-state index contributed by atoms with van der Waals surface area (Å²) >= 11 is 0. The van der Waals surface area contributed by atoms with Gasteiger partial charge in [-0.15, -0.1) is 0 Å². The van der Waals surface area contributed by atoms with Gasteiger partial charge in [0.2, 0.25) is 17.7 Å². The van der Waals surface area contributed by atoms with E-state index in [1.54, 1.807) is 36.0 Å². The molecule has 0 spiro atoms. The van der Waals surface area contributed by atoms with Gasteiger partial charge in [0.25, 0.3) is 12.3 Å². The monoisotopic (exact) mass is 864 g/mol. The maximum atomic E-state index is 14.0. The molecule has 1 aliphatic carbocycles. The van der Waals surface area contributed by atoms with E-state index in [1.165, 1.54) is 21.7 Å². The molecule has 3 amide bonds. The number of aryl methyl sites for hydroxylation is 2. The van der Waals surface area contributed by atoms with E-state index in [4.69, 9.17) is 9.15 Å². The van der Waals surface area contributed by atoms with Crippen molar-refractivity contribution in [1.29, 1.82) is 0 Å². The molecule has 2 aromatic carbocycles. The van der Waals surface area contributed by atoms with Crippen molar-refractivity contribution in [1.82, 2.24) is 39.5 Å². The molecule has 1 saturated carbocycles. The zero-order valence-electron chi connectivity index (χ0n) is 35.2. The molecular formula is C45H50F2N10O6. The molecule has 1 atom stereocenters. The maximum Gasteiger partial charge on any atom is 0.329 e. The second-order valence-corrected chi connectivity index (χ2v) is 16.0. The Morgan fingerprint density at radius 1 is 0.984 bits per heavy atom. The summed E-state index contributed by atoms with van der Waals surface area (Å²) in [6.45, 7) is 2.75. The number of imide groups is 1. The minimum absolute atomic E-state index is 0.0607. The third kappa shape index (κ3) is 10.1. The molecule has 3 N–H and O–H groups in total. The van der Waals surface area contributed by atoms with Crippen LogP contribution in [0, 0.1) is 0 Å². The van der Waals surface area contributed by atoms with Crippen LogP contribution >= 0.6 is 0 Å². The second kappa shape index (κ2) is 19.2. The molecule has 18 heteroatoms. The summed E-state index contributed by atoms with van der Waals surface area (Å²) in [5.74, 6) is -0.477. The van der Waals surface area contributed by atoms with Gasteiger partial charge in [-0.2, -0.15) is 5.10 Å². The number of aromatic nitrogens is 6. The third-order valence-electron chi connectivity index (χ3n) is 11.5. The Hall–Kier alpha value is -6.53. The quantitative estimate of drug-likeness (QED) is 0.0583. The number of unbranched alkanes of at least 4 members (excludes halogenated alkanes) is 2. The average molecular weight is 865 g/mol. The van der Waals surface area contributed by atoms with Gasteiger partial charge in [-0.1, -0.05) is 18.2 Å². The van der Waals surface area contributed by atoms with E-state index in [2.05, 4.69) is 35.9 Å². The van der Waals surface area contributed by atoms with Crippen molar-refractivity contribution in [3.63, 3.8) is 0 Å². The number of hydrogen-bond acceptors (Lipinski definition) is 11. The summed E-state index contributed by atoms with van der Waals surface area (Å²) in [4.78, 5) is 61.0. The summed E-state index contributed by atoms with van der Waals surface area (Å²) in [7, 11) is 3.67. The van der Waals surface area contributed by atoms with Gasteiger partial charge in [0, 0.05) is 58.1 Å². The van der Waals surface area contributed by atoms with Gasteiger partial charge in [0.15, 0.2) is 11.4 Å².